The summed E-state index contributed by atoms with van der Waals surface area (Å²) in [7, 11) is 0. The molecule has 2 amide bonds. The van der Waals surface area contributed by atoms with Crippen molar-refractivity contribution in [3.63, 3.8) is 0 Å². The summed E-state index contributed by atoms with van der Waals surface area (Å²) in [4.78, 5) is 38.2. The van der Waals surface area contributed by atoms with Gasteiger partial charge in [0, 0.05) is 72.8 Å². The average Bonchev–Trinajstić information content (AvgIpc) is 3.45. The van der Waals surface area contributed by atoms with Gasteiger partial charge in [-0.1, -0.05) is 26.7 Å². The number of hydrogen-bond donors (Lipinski definition) is 1. The fraction of sp³-hybridized carbons (Fsp3) is 0.531. The van der Waals surface area contributed by atoms with Crippen molar-refractivity contribution in [3.05, 3.63) is 80.3 Å². The van der Waals surface area contributed by atoms with Crippen LogP contribution in [0.3, 0.4) is 0 Å². The maximum atomic E-state index is 15.1. The lowest BCUT2D eigenvalue weighted by atomic mass is 9.89. The Morgan fingerprint density at radius 3 is 2.70 bits per heavy atom. The van der Waals surface area contributed by atoms with E-state index in [1.54, 1.807) is 21.7 Å². The third kappa shape index (κ3) is 6.08. The number of amides is 2. The predicted molar refractivity (Wildman–Crippen MR) is 165 cm³/mol. The number of hydrogen-bond acceptors (Lipinski definition) is 5. The zero-order chi connectivity index (χ0) is 30.3. The van der Waals surface area contributed by atoms with Crippen LogP contribution in [0.1, 0.15) is 69.5 Å². The molecule has 1 spiro atoms. The molecule has 0 radical (unpaired) electrons. The molecule has 1 N–H and O–H groups in total. The largest absolute Gasteiger partial charge is 0.321 e. The van der Waals surface area contributed by atoms with Crippen molar-refractivity contribution in [1.82, 2.24) is 29.4 Å². The number of benzene rings is 1. The molecule has 2 saturated heterocycles. The second kappa shape index (κ2) is 12.2. The number of piperidine rings is 1. The molecule has 1 aliphatic carbocycles. The third-order valence-corrected chi connectivity index (χ3v) is 9.90. The van der Waals surface area contributed by atoms with E-state index in [1.807, 2.05) is 17.0 Å². The highest BCUT2D eigenvalue weighted by Gasteiger charge is 2.47. The van der Waals surface area contributed by atoms with Crippen LogP contribution in [0.25, 0.3) is 5.65 Å². The Labute approximate surface area is 259 Å². The summed E-state index contributed by atoms with van der Waals surface area (Å²) >= 11 is 3.45. The van der Waals surface area contributed by atoms with E-state index in [1.165, 1.54) is 6.07 Å². The molecule has 1 aromatic carbocycles. The van der Waals surface area contributed by atoms with Gasteiger partial charge in [-0.25, -0.2) is 18.6 Å². The van der Waals surface area contributed by atoms with Crippen LogP contribution in [0.2, 0.25) is 0 Å². The standard InChI is InChI=1S/C32H39BrF2N6O2/c1-21(2)37-25-9-12-40(28(16-25)26-15-24(34)6-7-27(26)35)31(43)38-13-14-39(32(20-38)10-3-4-11-32)18-22-17-36-29-8-5-23(33)19-41(29)30(22)42/h5-8,15,17,19,21,25,28,37H,3-4,9-14,16,18,20H2,1-2H3/t25-,28+/m1/s1. The van der Waals surface area contributed by atoms with Gasteiger partial charge in [0.25, 0.3) is 5.56 Å². The van der Waals surface area contributed by atoms with Gasteiger partial charge in [-0.15, -0.1) is 0 Å². The van der Waals surface area contributed by atoms with Crippen LogP contribution in [-0.4, -0.2) is 73.9 Å². The highest BCUT2D eigenvalue weighted by Crippen LogP contribution is 2.40. The van der Waals surface area contributed by atoms with E-state index in [0.717, 1.165) is 48.7 Å². The summed E-state index contributed by atoms with van der Waals surface area (Å²) < 4.78 is 31.8. The quantitative estimate of drug-likeness (QED) is 0.393. The maximum Gasteiger partial charge on any atom is 0.320 e. The number of pyridine rings is 1. The van der Waals surface area contributed by atoms with Crippen LogP contribution >= 0.6 is 15.9 Å². The molecule has 3 fully saturated rings. The van der Waals surface area contributed by atoms with Gasteiger partial charge in [0.2, 0.25) is 0 Å². The van der Waals surface area contributed by atoms with E-state index >= 15 is 4.39 Å². The van der Waals surface area contributed by atoms with E-state index in [2.05, 4.69) is 45.0 Å². The van der Waals surface area contributed by atoms with E-state index in [-0.39, 0.29) is 34.8 Å². The Balaban J connectivity index is 1.24. The number of carbonyl (C=O) groups is 1. The van der Waals surface area contributed by atoms with Gasteiger partial charge in [-0.2, -0.15) is 0 Å². The van der Waals surface area contributed by atoms with Crippen molar-refractivity contribution >= 4 is 27.6 Å². The summed E-state index contributed by atoms with van der Waals surface area (Å²) in [5.74, 6) is -0.999. The average molecular weight is 658 g/mol. The van der Waals surface area contributed by atoms with Crippen LogP contribution < -0.4 is 10.9 Å². The molecule has 2 aliphatic heterocycles. The molecule has 2 aromatic heterocycles. The minimum atomic E-state index is -0.561. The van der Waals surface area contributed by atoms with E-state index in [4.69, 9.17) is 0 Å². The van der Waals surface area contributed by atoms with Crippen LogP contribution in [0.4, 0.5) is 13.6 Å². The number of likely N-dealkylation sites (tertiary alicyclic amines) is 1. The molecule has 3 aliphatic rings. The first-order chi connectivity index (χ1) is 20.6. The lowest BCUT2D eigenvalue weighted by molar-refractivity contribution is -0.00264. The number of piperazine rings is 1. The van der Waals surface area contributed by atoms with Crippen molar-refractivity contribution in [2.24, 2.45) is 0 Å². The van der Waals surface area contributed by atoms with Crippen LogP contribution in [0.15, 0.2) is 52.0 Å². The summed E-state index contributed by atoms with van der Waals surface area (Å²) in [6.45, 7) is 6.73. The number of nitrogens with one attached hydrogen (secondary N) is 1. The van der Waals surface area contributed by atoms with Gasteiger partial charge >= 0.3 is 6.03 Å². The monoisotopic (exact) mass is 656 g/mol. The van der Waals surface area contributed by atoms with E-state index in [9.17, 15) is 14.0 Å². The smallest absolute Gasteiger partial charge is 0.320 e. The molecule has 11 heteroatoms. The van der Waals surface area contributed by atoms with E-state index < -0.39 is 17.7 Å². The zero-order valence-corrected chi connectivity index (χ0v) is 26.3. The number of carbonyl (C=O) groups excluding carboxylic acids is 1. The molecule has 1 saturated carbocycles. The minimum Gasteiger partial charge on any atom is -0.321 e. The van der Waals surface area contributed by atoms with E-state index in [0.29, 0.717) is 50.4 Å². The second-order valence-corrected chi connectivity index (χ2v) is 13.6. The molecule has 8 nitrogen and oxygen atoms in total. The Morgan fingerprint density at radius 1 is 1.14 bits per heavy atom. The van der Waals surface area contributed by atoms with Crippen molar-refractivity contribution in [2.45, 2.75) is 82.6 Å². The van der Waals surface area contributed by atoms with Crippen molar-refractivity contribution in [3.8, 4) is 0 Å². The first-order valence-electron chi connectivity index (χ1n) is 15.3. The molecular formula is C32H39BrF2N6O2. The van der Waals surface area contributed by atoms with Crippen molar-refractivity contribution in [1.29, 1.82) is 0 Å². The molecule has 0 unspecified atom stereocenters. The fourth-order valence-corrected chi connectivity index (χ4v) is 7.73. The number of aromatic nitrogens is 2. The summed E-state index contributed by atoms with van der Waals surface area (Å²) in [5, 5.41) is 3.53. The Bertz CT molecular complexity index is 1560. The summed E-state index contributed by atoms with van der Waals surface area (Å²) in [6, 6.07) is 6.85. The SMILES string of the molecule is CC(C)N[C@@H]1CCN(C(=O)N2CCN(Cc3cnc4ccc(Br)cn4c3=O)C3(CCCC3)C2)[C@H](c2cc(F)ccc2F)C1. The molecule has 230 valence electrons. The number of rotatable bonds is 5. The van der Waals surface area contributed by atoms with Gasteiger partial charge in [-0.3, -0.25) is 14.1 Å². The lowest BCUT2D eigenvalue weighted by Crippen LogP contribution is -2.64. The maximum absolute atomic E-state index is 15.1. The molecule has 3 aromatic rings. The molecular weight excluding hydrogens is 618 g/mol. The summed E-state index contributed by atoms with van der Waals surface area (Å²) in [6.07, 6.45) is 8.68. The number of urea groups is 1. The van der Waals surface area contributed by atoms with Gasteiger partial charge in [-0.05, 0) is 71.9 Å². The second-order valence-electron chi connectivity index (χ2n) is 12.6. The minimum absolute atomic E-state index is 0.0872. The molecule has 6 rings (SSSR count). The van der Waals surface area contributed by atoms with Gasteiger partial charge in [0.15, 0.2) is 0 Å². The first kappa shape index (κ1) is 30.1. The van der Waals surface area contributed by atoms with Crippen LogP contribution in [0.5, 0.6) is 0 Å². The Kier molecular flexibility index (Phi) is 8.59. The van der Waals surface area contributed by atoms with Crippen molar-refractivity contribution < 1.29 is 13.6 Å². The lowest BCUT2D eigenvalue weighted by Gasteiger charge is -2.51. The number of fused-ring (bicyclic) bond motifs is 1. The van der Waals surface area contributed by atoms with Crippen molar-refractivity contribution in [2.75, 3.05) is 26.2 Å². The highest BCUT2D eigenvalue weighted by atomic mass is 79.9. The Hall–Kier alpha value is -2.89. The molecule has 4 heterocycles. The zero-order valence-electron chi connectivity index (χ0n) is 24.7. The molecule has 0 bridgehead atoms. The summed E-state index contributed by atoms with van der Waals surface area (Å²) in [5.41, 5.74) is 1.13. The molecule has 2 atom stereocenters. The Morgan fingerprint density at radius 2 is 1.93 bits per heavy atom. The topological polar surface area (TPSA) is 73.2 Å². The van der Waals surface area contributed by atoms with Gasteiger partial charge in [0.05, 0.1) is 11.6 Å². The first-order valence-corrected chi connectivity index (χ1v) is 16.1. The highest BCUT2D eigenvalue weighted by molar-refractivity contribution is 9.10. The van der Waals surface area contributed by atoms with Gasteiger partial charge < -0.3 is 15.1 Å². The number of nitrogens with zero attached hydrogens (tertiary/aromatic N) is 5. The fourth-order valence-electron chi connectivity index (χ4n) is 7.40. The predicted octanol–water partition coefficient (Wildman–Crippen LogP) is 5.49. The molecule has 43 heavy (non-hydrogen) atoms. The normalized spacial score (nSPS) is 22.7. The number of halogens is 3. The van der Waals surface area contributed by atoms with Crippen LogP contribution in [0, 0.1) is 11.6 Å². The van der Waals surface area contributed by atoms with Crippen LogP contribution in [-0.2, 0) is 6.54 Å². The van der Waals surface area contributed by atoms with Gasteiger partial charge in [0.1, 0.15) is 17.3 Å². The third-order valence-electron chi connectivity index (χ3n) is 9.43.